The first-order valence-electron chi connectivity index (χ1n) is 7.27. The second-order valence-electron chi connectivity index (χ2n) is 5.10. The lowest BCUT2D eigenvalue weighted by Crippen LogP contribution is -2.30. The van der Waals surface area contributed by atoms with Crippen molar-refractivity contribution < 1.29 is 9.18 Å². The number of carbonyl (C=O) groups is 1. The quantitative estimate of drug-likeness (QED) is 0.855. The van der Waals surface area contributed by atoms with Crippen molar-refractivity contribution in [3.63, 3.8) is 0 Å². The molecule has 0 saturated heterocycles. The van der Waals surface area contributed by atoms with Crippen LogP contribution in [0.2, 0.25) is 0 Å². The van der Waals surface area contributed by atoms with Crippen LogP contribution in [0.15, 0.2) is 48.8 Å². The molecular weight excluding hydrogens is 281 g/mol. The van der Waals surface area contributed by atoms with Gasteiger partial charge < -0.3 is 10.2 Å². The highest BCUT2D eigenvalue weighted by atomic mass is 19.1. The number of halogens is 1. The highest BCUT2D eigenvalue weighted by Crippen LogP contribution is 2.08. The van der Waals surface area contributed by atoms with Crippen LogP contribution < -0.4 is 5.32 Å². The molecular formula is C17H20FN3O. The number of rotatable bonds is 7. The fourth-order valence-corrected chi connectivity index (χ4v) is 2.04. The van der Waals surface area contributed by atoms with Crippen molar-refractivity contribution in [2.24, 2.45) is 0 Å². The zero-order valence-corrected chi connectivity index (χ0v) is 12.6. The van der Waals surface area contributed by atoms with Gasteiger partial charge in [-0.2, -0.15) is 0 Å². The monoisotopic (exact) mass is 301 g/mol. The molecule has 0 aliphatic heterocycles. The summed E-state index contributed by atoms with van der Waals surface area (Å²) in [5.41, 5.74) is 1.98. The highest BCUT2D eigenvalue weighted by molar-refractivity contribution is 5.76. The Morgan fingerprint density at radius 2 is 1.86 bits per heavy atom. The Labute approximate surface area is 130 Å². The van der Waals surface area contributed by atoms with Crippen LogP contribution in [0.3, 0.4) is 0 Å². The minimum Gasteiger partial charge on any atom is -0.385 e. The lowest BCUT2D eigenvalue weighted by atomic mass is 10.2. The number of carbonyl (C=O) groups excluding carboxylic acids is 1. The molecule has 0 saturated carbocycles. The van der Waals surface area contributed by atoms with Crippen molar-refractivity contribution >= 4 is 11.6 Å². The van der Waals surface area contributed by atoms with Gasteiger partial charge in [-0.3, -0.25) is 9.78 Å². The number of benzene rings is 1. The average Bonchev–Trinajstić information content (AvgIpc) is 2.55. The Hall–Kier alpha value is -2.43. The van der Waals surface area contributed by atoms with Gasteiger partial charge in [0.2, 0.25) is 5.91 Å². The van der Waals surface area contributed by atoms with E-state index in [1.54, 1.807) is 36.5 Å². The van der Waals surface area contributed by atoms with E-state index in [-0.39, 0.29) is 11.7 Å². The van der Waals surface area contributed by atoms with Crippen molar-refractivity contribution in [3.05, 3.63) is 60.2 Å². The van der Waals surface area contributed by atoms with Gasteiger partial charge in [0.05, 0.1) is 0 Å². The maximum absolute atomic E-state index is 12.8. The molecule has 0 unspecified atom stereocenters. The number of amides is 1. The predicted molar refractivity (Wildman–Crippen MR) is 85.1 cm³/mol. The number of nitrogens with one attached hydrogen (secondary N) is 1. The Kier molecular flexibility index (Phi) is 5.89. The zero-order valence-electron chi connectivity index (χ0n) is 12.6. The molecule has 1 heterocycles. The molecule has 0 atom stereocenters. The van der Waals surface area contributed by atoms with Crippen LogP contribution in [-0.2, 0) is 11.2 Å². The van der Waals surface area contributed by atoms with E-state index in [9.17, 15) is 9.18 Å². The number of anilines is 1. The fourth-order valence-electron chi connectivity index (χ4n) is 2.04. The molecule has 2 rings (SSSR count). The maximum atomic E-state index is 12.8. The van der Waals surface area contributed by atoms with E-state index >= 15 is 0 Å². The first kappa shape index (κ1) is 15.9. The summed E-state index contributed by atoms with van der Waals surface area (Å²) in [6, 6.07) is 10.0. The summed E-state index contributed by atoms with van der Waals surface area (Å²) in [5.74, 6) is -0.180. The molecule has 116 valence electrons. The number of pyridine rings is 1. The summed E-state index contributed by atoms with van der Waals surface area (Å²) in [6.45, 7) is 1.21. The molecule has 1 amide bonds. The molecule has 0 aliphatic rings. The number of hydrogen-bond acceptors (Lipinski definition) is 3. The molecule has 0 aliphatic carbocycles. The van der Waals surface area contributed by atoms with Gasteiger partial charge in [0.1, 0.15) is 5.82 Å². The van der Waals surface area contributed by atoms with Gasteiger partial charge in [-0.1, -0.05) is 0 Å². The van der Waals surface area contributed by atoms with E-state index in [4.69, 9.17) is 0 Å². The van der Waals surface area contributed by atoms with Gasteiger partial charge in [-0.25, -0.2) is 4.39 Å². The fraction of sp³-hybridized carbons (Fsp3) is 0.294. The summed E-state index contributed by atoms with van der Waals surface area (Å²) in [4.78, 5) is 17.7. The van der Waals surface area contributed by atoms with Crippen LogP contribution in [-0.4, -0.2) is 35.9 Å². The smallest absolute Gasteiger partial charge is 0.224 e. The topological polar surface area (TPSA) is 45.2 Å². The Balaban J connectivity index is 1.69. The van der Waals surface area contributed by atoms with Crippen LogP contribution in [0.4, 0.5) is 10.1 Å². The molecule has 2 aromatic rings. The molecule has 22 heavy (non-hydrogen) atoms. The lowest BCUT2D eigenvalue weighted by molar-refractivity contribution is -0.129. The molecule has 0 bridgehead atoms. The highest BCUT2D eigenvalue weighted by Gasteiger charge is 2.08. The normalized spacial score (nSPS) is 10.3. The Bertz CT molecular complexity index is 587. The van der Waals surface area contributed by atoms with E-state index in [1.165, 1.54) is 17.7 Å². The molecule has 0 radical (unpaired) electrons. The van der Waals surface area contributed by atoms with Gasteiger partial charge in [0.15, 0.2) is 0 Å². The number of hydrogen-bond donors (Lipinski definition) is 1. The molecule has 0 fully saturated rings. The minimum atomic E-state index is -0.266. The van der Waals surface area contributed by atoms with Gasteiger partial charge in [0.25, 0.3) is 0 Å². The lowest BCUT2D eigenvalue weighted by Gasteiger charge is -2.17. The predicted octanol–water partition coefficient (Wildman–Crippen LogP) is 2.72. The van der Waals surface area contributed by atoms with Crippen LogP contribution in [0.1, 0.15) is 12.0 Å². The van der Waals surface area contributed by atoms with Crippen molar-refractivity contribution in [1.29, 1.82) is 0 Å². The second-order valence-corrected chi connectivity index (χ2v) is 5.10. The Morgan fingerprint density at radius 1 is 1.18 bits per heavy atom. The summed E-state index contributed by atoms with van der Waals surface area (Å²) < 4.78 is 12.8. The van der Waals surface area contributed by atoms with Crippen molar-refractivity contribution in [2.45, 2.75) is 12.8 Å². The standard InChI is InChI=1S/C17H20FN3O/c1-21(13-9-14-6-10-19-11-7-14)17(22)8-12-20-16-4-2-15(18)3-5-16/h2-7,10-11,20H,8-9,12-13H2,1H3. The van der Waals surface area contributed by atoms with Gasteiger partial charge in [-0.05, 0) is 48.4 Å². The van der Waals surface area contributed by atoms with Gasteiger partial charge in [-0.15, -0.1) is 0 Å². The van der Waals surface area contributed by atoms with Crippen LogP contribution in [0.25, 0.3) is 0 Å². The third-order valence-corrected chi connectivity index (χ3v) is 3.42. The third-order valence-electron chi connectivity index (χ3n) is 3.42. The first-order chi connectivity index (χ1) is 10.6. The largest absolute Gasteiger partial charge is 0.385 e. The van der Waals surface area contributed by atoms with Crippen molar-refractivity contribution in [2.75, 3.05) is 25.5 Å². The molecule has 0 spiro atoms. The SMILES string of the molecule is CN(CCc1ccncc1)C(=O)CCNc1ccc(F)cc1. The molecule has 4 nitrogen and oxygen atoms in total. The summed E-state index contributed by atoms with van der Waals surface area (Å²) in [5, 5.41) is 3.11. The molecule has 5 heteroatoms. The van der Waals surface area contributed by atoms with E-state index in [2.05, 4.69) is 10.3 Å². The van der Waals surface area contributed by atoms with Crippen LogP contribution in [0, 0.1) is 5.82 Å². The number of likely N-dealkylation sites (N-methyl/N-ethyl adjacent to an activating group) is 1. The summed E-state index contributed by atoms with van der Waals surface area (Å²) in [7, 11) is 1.81. The molecule has 1 aromatic carbocycles. The average molecular weight is 301 g/mol. The van der Waals surface area contributed by atoms with E-state index in [1.807, 2.05) is 12.1 Å². The number of nitrogens with zero attached hydrogens (tertiary/aromatic N) is 2. The second kappa shape index (κ2) is 8.12. The van der Waals surface area contributed by atoms with Crippen molar-refractivity contribution in [3.8, 4) is 0 Å². The minimum absolute atomic E-state index is 0.0867. The van der Waals surface area contributed by atoms with Gasteiger partial charge in [0, 0.05) is 44.6 Å². The summed E-state index contributed by atoms with van der Waals surface area (Å²) >= 11 is 0. The third kappa shape index (κ3) is 5.16. The zero-order chi connectivity index (χ0) is 15.8. The molecule has 1 aromatic heterocycles. The molecule has 1 N–H and O–H groups in total. The maximum Gasteiger partial charge on any atom is 0.224 e. The van der Waals surface area contributed by atoms with E-state index in [0.29, 0.717) is 19.5 Å². The first-order valence-corrected chi connectivity index (χ1v) is 7.27. The summed E-state index contributed by atoms with van der Waals surface area (Å²) in [6.07, 6.45) is 4.73. The Morgan fingerprint density at radius 3 is 2.55 bits per heavy atom. The number of aromatic nitrogens is 1. The van der Waals surface area contributed by atoms with Crippen LogP contribution in [0.5, 0.6) is 0 Å². The van der Waals surface area contributed by atoms with Gasteiger partial charge >= 0.3 is 0 Å². The van der Waals surface area contributed by atoms with E-state index in [0.717, 1.165) is 12.1 Å². The van der Waals surface area contributed by atoms with Crippen LogP contribution >= 0.6 is 0 Å². The van der Waals surface area contributed by atoms with Crippen molar-refractivity contribution in [1.82, 2.24) is 9.88 Å². The van der Waals surface area contributed by atoms with E-state index < -0.39 is 0 Å².